The number of hydrogen-bond acceptors (Lipinski definition) is 3. The van der Waals surface area contributed by atoms with E-state index in [2.05, 4.69) is 55.4 Å². The van der Waals surface area contributed by atoms with E-state index in [9.17, 15) is 9.90 Å². The largest absolute Gasteiger partial charge is 0.507 e. The highest BCUT2D eigenvalue weighted by atomic mass is 16.5. The SMILES string of the molecule is CCC(=O)Oc1cc(C(C)(C)C)c(O)c(C(C)(C)C)c1CCCCCC(C)C. The first-order valence-electron chi connectivity index (χ1n) is 10.9. The molecular formula is C25H42O3. The van der Waals surface area contributed by atoms with Crippen molar-refractivity contribution in [1.29, 1.82) is 0 Å². The van der Waals surface area contributed by atoms with Gasteiger partial charge in [-0.25, -0.2) is 0 Å². The molecule has 0 fully saturated rings. The molecule has 0 aliphatic rings. The third-order valence-electron chi connectivity index (χ3n) is 5.15. The van der Waals surface area contributed by atoms with Crippen LogP contribution in [0.25, 0.3) is 0 Å². The van der Waals surface area contributed by atoms with Crippen LogP contribution in [0, 0.1) is 5.92 Å². The fourth-order valence-corrected chi connectivity index (χ4v) is 3.63. The van der Waals surface area contributed by atoms with Gasteiger partial charge in [-0.1, -0.05) is 81.6 Å². The zero-order chi connectivity index (χ0) is 21.7. The average Bonchev–Trinajstić information content (AvgIpc) is 2.53. The summed E-state index contributed by atoms with van der Waals surface area (Å²) in [6, 6.07) is 1.89. The van der Waals surface area contributed by atoms with E-state index in [4.69, 9.17) is 4.74 Å². The van der Waals surface area contributed by atoms with Gasteiger partial charge in [-0.2, -0.15) is 0 Å². The number of rotatable bonds is 8. The Kier molecular flexibility index (Phi) is 8.59. The number of hydrogen-bond donors (Lipinski definition) is 1. The van der Waals surface area contributed by atoms with Crippen LogP contribution in [0.1, 0.15) is 111 Å². The Morgan fingerprint density at radius 3 is 2.11 bits per heavy atom. The molecule has 0 aromatic heterocycles. The van der Waals surface area contributed by atoms with E-state index < -0.39 is 0 Å². The number of carbonyl (C=O) groups is 1. The van der Waals surface area contributed by atoms with E-state index in [1.54, 1.807) is 0 Å². The van der Waals surface area contributed by atoms with Crippen LogP contribution in [0.15, 0.2) is 6.07 Å². The molecule has 0 bridgehead atoms. The van der Waals surface area contributed by atoms with E-state index in [1.807, 2.05) is 13.0 Å². The van der Waals surface area contributed by atoms with Crippen LogP contribution in [0.2, 0.25) is 0 Å². The molecule has 1 aromatic carbocycles. The van der Waals surface area contributed by atoms with Crippen LogP contribution in [0.5, 0.6) is 11.5 Å². The van der Waals surface area contributed by atoms with E-state index in [0.717, 1.165) is 41.9 Å². The van der Waals surface area contributed by atoms with Crippen molar-refractivity contribution in [3.63, 3.8) is 0 Å². The maximum atomic E-state index is 12.1. The molecule has 0 atom stereocenters. The molecule has 1 aromatic rings. The molecule has 0 amide bonds. The van der Waals surface area contributed by atoms with Crippen LogP contribution in [0.3, 0.4) is 0 Å². The summed E-state index contributed by atoms with van der Waals surface area (Å²) in [5.74, 6) is 1.48. The second kappa shape index (κ2) is 9.80. The van der Waals surface area contributed by atoms with E-state index in [1.165, 1.54) is 12.8 Å². The lowest BCUT2D eigenvalue weighted by molar-refractivity contribution is -0.134. The van der Waals surface area contributed by atoms with Gasteiger partial charge in [0.25, 0.3) is 0 Å². The third-order valence-corrected chi connectivity index (χ3v) is 5.15. The summed E-state index contributed by atoms with van der Waals surface area (Å²) >= 11 is 0. The summed E-state index contributed by atoms with van der Waals surface area (Å²) < 4.78 is 5.77. The molecule has 0 heterocycles. The van der Waals surface area contributed by atoms with Crippen LogP contribution >= 0.6 is 0 Å². The fourth-order valence-electron chi connectivity index (χ4n) is 3.63. The zero-order valence-electron chi connectivity index (χ0n) is 19.7. The highest BCUT2D eigenvalue weighted by molar-refractivity contribution is 5.73. The first-order valence-corrected chi connectivity index (χ1v) is 10.9. The van der Waals surface area contributed by atoms with Crippen LogP contribution < -0.4 is 4.74 Å². The van der Waals surface area contributed by atoms with E-state index in [0.29, 0.717) is 17.9 Å². The second-order valence-electron chi connectivity index (χ2n) is 10.4. The molecule has 1 rings (SSSR count). The monoisotopic (exact) mass is 390 g/mol. The Bertz CT molecular complexity index is 658. The normalized spacial score (nSPS) is 12.5. The molecule has 1 N–H and O–H groups in total. The van der Waals surface area contributed by atoms with Gasteiger partial charge in [0.2, 0.25) is 0 Å². The smallest absolute Gasteiger partial charge is 0.310 e. The lowest BCUT2D eigenvalue weighted by Crippen LogP contribution is -2.21. The number of ether oxygens (including phenoxy) is 1. The fraction of sp³-hybridized carbons (Fsp3) is 0.720. The summed E-state index contributed by atoms with van der Waals surface area (Å²) in [5.41, 5.74) is 2.26. The molecule has 0 unspecified atom stereocenters. The van der Waals surface area contributed by atoms with Gasteiger partial charge in [-0.15, -0.1) is 0 Å². The Balaban J connectivity index is 3.41. The number of esters is 1. The number of phenols is 1. The summed E-state index contributed by atoms with van der Waals surface area (Å²) in [7, 11) is 0. The van der Waals surface area contributed by atoms with Gasteiger partial charge in [0.1, 0.15) is 11.5 Å². The highest BCUT2D eigenvalue weighted by Gasteiger charge is 2.31. The van der Waals surface area contributed by atoms with Crippen molar-refractivity contribution in [3.8, 4) is 11.5 Å². The lowest BCUT2D eigenvalue weighted by Gasteiger charge is -2.31. The van der Waals surface area contributed by atoms with Crippen molar-refractivity contribution in [2.45, 2.75) is 112 Å². The number of carbonyl (C=O) groups excluding carboxylic acids is 1. The van der Waals surface area contributed by atoms with Crippen LogP contribution in [0.4, 0.5) is 0 Å². The molecule has 0 aliphatic heterocycles. The highest BCUT2D eigenvalue weighted by Crippen LogP contribution is 2.45. The Morgan fingerprint density at radius 2 is 1.64 bits per heavy atom. The first kappa shape index (κ1) is 24.5. The summed E-state index contributed by atoms with van der Waals surface area (Å²) in [4.78, 5) is 12.1. The summed E-state index contributed by atoms with van der Waals surface area (Å²) in [6.45, 7) is 18.9. The van der Waals surface area contributed by atoms with Crippen LogP contribution in [-0.4, -0.2) is 11.1 Å². The van der Waals surface area contributed by atoms with Crippen molar-refractivity contribution < 1.29 is 14.6 Å². The molecule has 0 radical (unpaired) electrons. The standard InChI is InChI=1S/C25H42O3/c1-10-21(26)28-20-16-19(24(4,5)6)23(27)22(25(7,8)9)18(20)15-13-11-12-14-17(2)3/h16-17,27H,10-15H2,1-9H3. The summed E-state index contributed by atoms with van der Waals surface area (Å²) in [6.07, 6.45) is 5.77. The van der Waals surface area contributed by atoms with Gasteiger partial charge < -0.3 is 9.84 Å². The Morgan fingerprint density at radius 1 is 1.04 bits per heavy atom. The lowest BCUT2D eigenvalue weighted by atomic mass is 9.76. The molecule has 28 heavy (non-hydrogen) atoms. The average molecular weight is 391 g/mol. The van der Waals surface area contributed by atoms with Gasteiger partial charge in [0.05, 0.1) is 0 Å². The minimum absolute atomic E-state index is 0.230. The maximum absolute atomic E-state index is 12.1. The molecule has 3 nitrogen and oxygen atoms in total. The predicted molar refractivity (Wildman–Crippen MR) is 118 cm³/mol. The molecule has 0 saturated heterocycles. The second-order valence-corrected chi connectivity index (χ2v) is 10.4. The minimum atomic E-state index is -0.244. The molecule has 3 heteroatoms. The Hall–Kier alpha value is -1.51. The number of phenolic OH excluding ortho intramolecular Hbond substituents is 1. The minimum Gasteiger partial charge on any atom is -0.507 e. The number of aromatic hydroxyl groups is 1. The Labute approximate surface area is 172 Å². The first-order chi connectivity index (χ1) is 12.8. The van der Waals surface area contributed by atoms with Gasteiger partial charge >= 0.3 is 5.97 Å². The van der Waals surface area contributed by atoms with Crippen molar-refractivity contribution >= 4 is 5.97 Å². The van der Waals surface area contributed by atoms with Gasteiger partial charge in [-0.3, -0.25) is 4.79 Å². The number of unbranched alkanes of at least 4 members (excludes halogenated alkanes) is 2. The topological polar surface area (TPSA) is 46.5 Å². The quantitative estimate of drug-likeness (QED) is 0.293. The predicted octanol–water partition coefficient (Wildman–Crippen LogP) is 7.06. The zero-order valence-corrected chi connectivity index (χ0v) is 19.7. The maximum Gasteiger partial charge on any atom is 0.310 e. The van der Waals surface area contributed by atoms with Crippen molar-refractivity contribution in [2.75, 3.05) is 0 Å². The van der Waals surface area contributed by atoms with Crippen LogP contribution in [-0.2, 0) is 22.0 Å². The van der Waals surface area contributed by atoms with Crippen molar-refractivity contribution in [3.05, 3.63) is 22.8 Å². The molecule has 160 valence electrons. The summed E-state index contributed by atoms with van der Waals surface area (Å²) in [5, 5.41) is 11.2. The van der Waals surface area contributed by atoms with E-state index in [-0.39, 0.29) is 16.8 Å². The number of benzene rings is 1. The van der Waals surface area contributed by atoms with Gasteiger partial charge in [-0.05, 0) is 35.7 Å². The molecule has 0 spiro atoms. The molecule has 0 saturated carbocycles. The van der Waals surface area contributed by atoms with Gasteiger partial charge in [0.15, 0.2) is 0 Å². The van der Waals surface area contributed by atoms with Crippen molar-refractivity contribution in [1.82, 2.24) is 0 Å². The molecule has 0 aliphatic carbocycles. The third kappa shape index (κ3) is 6.83. The van der Waals surface area contributed by atoms with E-state index >= 15 is 0 Å². The van der Waals surface area contributed by atoms with Crippen molar-refractivity contribution in [2.24, 2.45) is 5.92 Å². The van der Waals surface area contributed by atoms with Gasteiger partial charge in [0, 0.05) is 23.1 Å². The molecular weight excluding hydrogens is 348 g/mol.